The summed E-state index contributed by atoms with van der Waals surface area (Å²) < 4.78 is 44.3. The van der Waals surface area contributed by atoms with Gasteiger partial charge in [0.25, 0.3) is 0 Å². The maximum Gasteiger partial charge on any atom is 0.416 e. The van der Waals surface area contributed by atoms with Crippen molar-refractivity contribution in [2.45, 2.75) is 25.9 Å². The van der Waals surface area contributed by atoms with E-state index in [9.17, 15) is 13.2 Å². The molecule has 0 aliphatic rings. The largest absolute Gasteiger partial charge is 0.416 e. The standard InChI is InChI=1S/C10H11F3/c1-7(2)8-4-3-5-9(6-8)10(11,12)13/h3-7H,1-2H3/i4T. The zero-order chi connectivity index (χ0) is 10.9. The van der Waals surface area contributed by atoms with Gasteiger partial charge in [0.2, 0.25) is 0 Å². The fourth-order valence-corrected chi connectivity index (χ4v) is 0.995. The first-order valence-electron chi connectivity index (χ1n) is 4.50. The van der Waals surface area contributed by atoms with Gasteiger partial charge in [0, 0.05) is 0 Å². The Hall–Kier alpha value is -0.990. The molecule has 0 saturated carbocycles. The van der Waals surface area contributed by atoms with Crippen molar-refractivity contribution in [1.29, 1.82) is 0 Å². The van der Waals surface area contributed by atoms with Crippen molar-refractivity contribution in [3.05, 3.63) is 35.4 Å². The Balaban J connectivity index is 3.20. The zero-order valence-electron chi connectivity index (χ0n) is 8.44. The van der Waals surface area contributed by atoms with Crippen LogP contribution in [0, 0.1) is 0 Å². The third-order valence-electron chi connectivity index (χ3n) is 1.77. The molecule has 0 aliphatic carbocycles. The van der Waals surface area contributed by atoms with Gasteiger partial charge in [-0.25, -0.2) is 0 Å². The normalized spacial score (nSPS) is 13.2. The number of hydrogen-bond acceptors (Lipinski definition) is 0. The summed E-state index contributed by atoms with van der Waals surface area (Å²) in [6.45, 7) is 3.54. The third-order valence-corrected chi connectivity index (χ3v) is 1.77. The minimum atomic E-state index is -4.32. The van der Waals surface area contributed by atoms with Crippen molar-refractivity contribution < 1.29 is 14.5 Å². The first kappa shape index (κ1) is 8.60. The Morgan fingerprint density at radius 1 is 1.38 bits per heavy atom. The fraction of sp³-hybridized carbons (Fsp3) is 0.400. The van der Waals surface area contributed by atoms with Gasteiger partial charge in [-0.15, -0.1) is 0 Å². The Kier molecular flexibility index (Phi) is 2.25. The van der Waals surface area contributed by atoms with Crippen molar-refractivity contribution in [2.75, 3.05) is 0 Å². The van der Waals surface area contributed by atoms with Crippen LogP contribution >= 0.6 is 0 Å². The lowest BCUT2D eigenvalue weighted by Crippen LogP contribution is -2.05. The average Bonchev–Trinajstić information content (AvgIpc) is 2.02. The summed E-state index contributed by atoms with van der Waals surface area (Å²) >= 11 is 0. The van der Waals surface area contributed by atoms with Crippen molar-refractivity contribution in [2.24, 2.45) is 0 Å². The molecule has 0 radical (unpaired) electrons. The van der Waals surface area contributed by atoms with Crippen LogP contribution in [0.15, 0.2) is 24.2 Å². The molecular weight excluding hydrogens is 177 g/mol. The Morgan fingerprint density at radius 2 is 2.00 bits per heavy atom. The number of benzene rings is 1. The lowest BCUT2D eigenvalue weighted by molar-refractivity contribution is -0.137. The average molecular weight is 190 g/mol. The molecule has 0 spiro atoms. The molecule has 0 nitrogen and oxygen atoms in total. The van der Waals surface area contributed by atoms with Crippen molar-refractivity contribution >= 4 is 0 Å². The molecule has 0 atom stereocenters. The van der Waals surface area contributed by atoms with Gasteiger partial charge in [-0.3, -0.25) is 0 Å². The molecule has 1 aromatic rings. The Morgan fingerprint density at radius 3 is 2.46 bits per heavy atom. The van der Waals surface area contributed by atoms with Crippen molar-refractivity contribution in [3.8, 4) is 0 Å². The van der Waals surface area contributed by atoms with Crippen LogP contribution in [0.2, 0.25) is 0 Å². The van der Waals surface area contributed by atoms with Crippen molar-refractivity contribution in [1.82, 2.24) is 0 Å². The van der Waals surface area contributed by atoms with Crippen LogP contribution in [0.1, 0.15) is 32.3 Å². The van der Waals surface area contributed by atoms with Gasteiger partial charge in [0.05, 0.1) is 6.93 Å². The molecule has 0 aliphatic heterocycles. The zero-order valence-corrected chi connectivity index (χ0v) is 7.44. The maximum absolute atomic E-state index is 12.3. The number of halogens is 3. The highest BCUT2D eigenvalue weighted by molar-refractivity contribution is 5.27. The molecular formula is C10H11F3. The summed E-state index contributed by atoms with van der Waals surface area (Å²) in [7, 11) is 0. The smallest absolute Gasteiger partial charge is 0.166 e. The van der Waals surface area contributed by atoms with Gasteiger partial charge in [-0.05, 0) is 17.5 Å². The summed E-state index contributed by atoms with van der Waals surface area (Å²) in [4.78, 5) is 0. The highest BCUT2D eigenvalue weighted by atomic mass is 19.4. The van der Waals surface area contributed by atoms with E-state index >= 15 is 0 Å². The molecule has 0 amide bonds. The van der Waals surface area contributed by atoms with E-state index in [2.05, 4.69) is 0 Å². The lowest BCUT2D eigenvalue weighted by Gasteiger charge is -2.10. The molecule has 0 saturated heterocycles. The van der Waals surface area contributed by atoms with Crippen LogP contribution in [-0.2, 0) is 6.18 Å². The predicted octanol–water partition coefficient (Wildman–Crippen LogP) is 3.83. The van der Waals surface area contributed by atoms with Crippen LogP contribution in [0.25, 0.3) is 0 Å². The Labute approximate surface area is 76.8 Å². The van der Waals surface area contributed by atoms with E-state index in [0.29, 0.717) is 5.56 Å². The van der Waals surface area contributed by atoms with E-state index in [1.165, 1.54) is 6.07 Å². The molecule has 1 aromatic carbocycles. The van der Waals surface area contributed by atoms with Gasteiger partial charge in [-0.1, -0.05) is 32.0 Å². The van der Waals surface area contributed by atoms with E-state index in [0.717, 1.165) is 12.1 Å². The minimum absolute atomic E-state index is 0.0650. The first-order valence-corrected chi connectivity index (χ1v) is 4.00. The second-order valence-electron chi connectivity index (χ2n) is 3.19. The second kappa shape index (κ2) is 3.40. The van der Waals surface area contributed by atoms with Crippen LogP contribution in [0.5, 0.6) is 0 Å². The van der Waals surface area contributed by atoms with Crippen LogP contribution < -0.4 is 0 Å². The summed E-state index contributed by atoms with van der Waals surface area (Å²) in [5, 5.41) is 0. The second-order valence-corrected chi connectivity index (χ2v) is 3.19. The molecule has 13 heavy (non-hydrogen) atoms. The topological polar surface area (TPSA) is 0 Å². The lowest BCUT2D eigenvalue weighted by atomic mass is 10.0. The maximum atomic E-state index is 12.3. The first-order chi connectivity index (χ1) is 6.32. The summed E-state index contributed by atoms with van der Waals surface area (Å²) in [5.74, 6) is -0.0650. The molecule has 0 bridgehead atoms. The van der Waals surface area contributed by atoms with Crippen LogP contribution in [0.3, 0.4) is 0 Å². The predicted molar refractivity (Wildman–Crippen MR) is 45.5 cm³/mol. The highest BCUT2D eigenvalue weighted by Crippen LogP contribution is 2.30. The minimum Gasteiger partial charge on any atom is -0.166 e. The van der Waals surface area contributed by atoms with E-state index in [-0.39, 0.29) is 12.0 Å². The van der Waals surface area contributed by atoms with Gasteiger partial charge in [0.15, 0.2) is 0 Å². The quantitative estimate of drug-likeness (QED) is 0.631. The van der Waals surface area contributed by atoms with Crippen LogP contribution in [-0.4, -0.2) is 0 Å². The summed E-state index contributed by atoms with van der Waals surface area (Å²) in [6, 6.07) is 3.34. The van der Waals surface area contributed by atoms with E-state index in [1.54, 1.807) is 13.8 Å². The van der Waals surface area contributed by atoms with Gasteiger partial charge >= 0.3 is 6.18 Å². The highest BCUT2D eigenvalue weighted by Gasteiger charge is 2.30. The van der Waals surface area contributed by atoms with E-state index < -0.39 is 11.7 Å². The third kappa shape index (κ3) is 2.47. The van der Waals surface area contributed by atoms with Crippen LogP contribution in [0.4, 0.5) is 13.2 Å². The van der Waals surface area contributed by atoms with E-state index in [1.807, 2.05) is 0 Å². The summed E-state index contributed by atoms with van der Waals surface area (Å²) in [5.41, 5.74) is -0.253. The number of alkyl halides is 3. The molecule has 72 valence electrons. The molecule has 0 unspecified atom stereocenters. The Bertz CT molecular complexity index is 329. The van der Waals surface area contributed by atoms with Gasteiger partial charge < -0.3 is 0 Å². The monoisotopic (exact) mass is 190 g/mol. The molecule has 0 aromatic heterocycles. The SMILES string of the molecule is [3H]c1ccc(C(F)(F)F)cc1C(C)C. The molecule has 0 heterocycles. The number of rotatable bonds is 1. The molecule has 1 rings (SSSR count). The molecule has 0 fully saturated rings. The van der Waals surface area contributed by atoms with Gasteiger partial charge in [-0.2, -0.15) is 13.2 Å². The molecule has 0 N–H and O–H groups in total. The summed E-state index contributed by atoms with van der Waals surface area (Å²) in [6.07, 6.45) is -4.32. The van der Waals surface area contributed by atoms with E-state index in [4.69, 9.17) is 1.37 Å². The van der Waals surface area contributed by atoms with Crippen molar-refractivity contribution in [3.63, 3.8) is 0 Å². The fourth-order valence-electron chi connectivity index (χ4n) is 0.995. The molecule has 3 heteroatoms. The van der Waals surface area contributed by atoms with Gasteiger partial charge in [0.1, 0.15) is 0 Å². The number of hydrogen-bond donors (Lipinski definition) is 0.